The highest BCUT2D eigenvalue weighted by molar-refractivity contribution is 5.72. The molecule has 2 unspecified atom stereocenters. The lowest BCUT2D eigenvalue weighted by Gasteiger charge is -2.23. The van der Waals surface area contributed by atoms with Crippen LogP contribution >= 0.6 is 0 Å². The summed E-state index contributed by atoms with van der Waals surface area (Å²) in [4.78, 5) is 22.0. The van der Waals surface area contributed by atoms with Gasteiger partial charge in [-0.2, -0.15) is 0 Å². The molecule has 0 saturated heterocycles. The Morgan fingerprint density at radius 3 is 2.44 bits per heavy atom. The first-order valence-corrected chi connectivity index (χ1v) is 5.88. The van der Waals surface area contributed by atoms with Crippen molar-refractivity contribution in [2.24, 2.45) is 5.92 Å². The third-order valence-electron chi connectivity index (χ3n) is 2.45. The summed E-state index contributed by atoms with van der Waals surface area (Å²) in [5, 5.41) is 14.3. The van der Waals surface area contributed by atoms with Gasteiger partial charge in [0, 0.05) is 12.6 Å². The van der Waals surface area contributed by atoms with Crippen LogP contribution in [0.25, 0.3) is 0 Å². The number of carbonyl (C=O) groups excluding carboxylic acids is 1. The number of carbonyl (C=O) groups is 2. The van der Waals surface area contributed by atoms with Crippen molar-refractivity contribution in [3.8, 4) is 0 Å². The van der Waals surface area contributed by atoms with E-state index in [2.05, 4.69) is 17.2 Å². The minimum atomic E-state index is -0.924. The van der Waals surface area contributed by atoms with Gasteiger partial charge in [0.15, 0.2) is 0 Å². The zero-order chi connectivity index (χ0) is 14.1. The number of amides is 1. The molecule has 0 aliphatic heterocycles. The summed E-state index contributed by atoms with van der Waals surface area (Å²) >= 11 is 0. The average molecular weight is 258 g/mol. The van der Waals surface area contributed by atoms with Crippen LogP contribution < -0.4 is 10.6 Å². The first-order valence-electron chi connectivity index (χ1n) is 5.88. The lowest BCUT2D eigenvalue weighted by Crippen LogP contribution is -2.48. The number of carboxylic acid groups (broad SMARTS) is 1. The zero-order valence-corrected chi connectivity index (χ0v) is 11.1. The lowest BCUT2D eigenvalue weighted by molar-refractivity contribution is -0.139. The van der Waals surface area contributed by atoms with Crippen LogP contribution in [0.1, 0.15) is 20.8 Å². The third-order valence-corrected chi connectivity index (χ3v) is 2.45. The van der Waals surface area contributed by atoms with Crippen molar-refractivity contribution in [2.75, 3.05) is 13.2 Å². The molecule has 0 saturated carbocycles. The number of alkyl carbamates (subject to hydrolysis) is 1. The van der Waals surface area contributed by atoms with Gasteiger partial charge in [0.1, 0.15) is 12.6 Å². The van der Waals surface area contributed by atoms with E-state index < -0.39 is 18.1 Å². The highest BCUT2D eigenvalue weighted by atomic mass is 16.5. The van der Waals surface area contributed by atoms with Gasteiger partial charge >= 0.3 is 12.1 Å². The first kappa shape index (κ1) is 16.4. The molecule has 104 valence electrons. The molecule has 3 N–H and O–H groups in total. The van der Waals surface area contributed by atoms with Crippen LogP contribution in [0.3, 0.4) is 0 Å². The lowest BCUT2D eigenvalue weighted by atomic mass is 10.0. The van der Waals surface area contributed by atoms with Crippen LogP contribution in [-0.4, -0.2) is 42.4 Å². The summed E-state index contributed by atoms with van der Waals surface area (Å²) in [7, 11) is 0. The highest BCUT2D eigenvalue weighted by Crippen LogP contribution is 2.01. The monoisotopic (exact) mass is 258 g/mol. The van der Waals surface area contributed by atoms with Crippen molar-refractivity contribution in [1.29, 1.82) is 0 Å². The van der Waals surface area contributed by atoms with E-state index in [0.717, 1.165) is 0 Å². The Hall–Kier alpha value is -1.56. The molecule has 2 atom stereocenters. The van der Waals surface area contributed by atoms with Crippen LogP contribution in [0.15, 0.2) is 12.7 Å². The largest absolute Gasteiger partial charge is 0.480 e. The zero-order valence-electron chi connectivity index (χ0n) is 11.1. The van der Waals surface area contributed by atoms with Crippen molar-refractivity contribution >= 4 is 12.1 Å². The molecule has 6 heteroatoms. The van der Waals surface area contributed by atoms with Gasteiger partial charge in [0.05, 0.1) is 0 Å². The fourth-order valence-corrected chi connectivity index (χ4v) is 1.17. The predicted octanol–water partition coefficient (Wildman–Crippen LogP) is 0.986. The second-order valence-corrected chi connectivity index (χ2v) is 4.35. The Morgan fingerprint density at radius 2 is 2.00 bits per heavy atom. The molecule has 0 aromatic carbocycles. The Balaban J connectivity index is 4.18. The van der Waals surface area contributed by atoms with E-state index in [4.69, 9.17) is 9.84 Å². The quantitative estimate of drug-likeness (QED) is 0.565. The van der Waals surface area contributed by atoms with Gasteiger partial charge in [-0.25, -0.2) is 4.79 Å². The SMILES string of the molecule is C=CCOC(=O)NC(CNC(C)C(=O)O)C(C)C. The number of carboxylic acids is 1. The molecule has 0 bridgehead atoms. The Morgan fingerprint density at radius 1 is 1.39 bits per heavy atom. The summed E-state index contributed by atoms with van der Waals surface area (Å²) < 4.78 is 4.81. The fraction of sp³-hybridized carbons (Fsp3) is 0.667. The molecule has 0 heterocycles. The Bertz CT molecular complexity index is 292. The Labute approximate surface area is 107 Å². The van der Waals surface area contributed by atoms with E-state index >= 15 is 0 Å². The number of hydrogen-bond acceptors (Lipinski definition) is 4. The van der Waals surface area contributed by atoms with Crippen LogP contribution in [-0.2, 0) is 9.53 Å². The van der Waals surface area contributed by atoms with Gasteiger partial charge in [0.25, 0.3) is 0 Å². The van der Waals surface area contributed by atoms with E-state index in [1.165, 1.54) is 6.08 Å². The van der Waals surface area contributed by atoms with Gasteiger partial charge < -0.3 is 20.5 Å². The summed E-state index contributed by atoms with van der Waals surface area (Å²) in [5.41, 5.74) is 0. The van der Waals surface area contributed by atoms with Crippen molar-refractivity contribution in [1.82, 2.24) is 10.6 Å². The molecule has 0 aliphatic rings. The van der Waals surface area contributed by atoms with E-state index in [1.807, 2.05) is 13.8 Å². The summed E-state index contributed by atoms with van der Waals surface area (Å²) in [6.45, 7) is 9.38. The van der Waals surface area contributed by atoms with Gasteiger partial charge in [-0.3, -0.25) is 4.79 Å². The number of aliphatic carboxylic acids is 1. The van der Waals surface area contributed by atoms with Crippen molar-refractivity contribution in [3.05, 3.63) is 12.7 Å². The van der Waals surface area contributed by atoms with E-state index in [-0.39, 0.29) is 18.6 Å². The van der Waals surface area contributed by atoms with Crippen molar-refractivity contribution in [2.45, 2.75) is 32.9 Å². The summed E-state index contributed by atoms with van der Waals surface area (Å²) in [6.07, 6.45) is 0.952. The van der Waals surface area contributed by atoms with E-state index in [0.29, 0.717) is 6.54 Å². The fourth-order valence-electron chi connectivity index (χ4n) is 1.17. The van der Waals surface area contributed by atoms with Crippen LogP contribution in [0, 0.1) is 5.92 Å². The van der Waals surface area contributed by atoms with Crippen LogP contribution in [0.2, 0.25) is 0 Å². The van der Waals surface area contributed by atoms with Gasteiger partial charge in [-0.05, 0) is 12.8 Å². The molecule has 0 aliphatic carbocycles. The number of hydrogen-bond donors (Lipinski definition) is 3. The van der Waals surface area contributed by atoms with Crippen molar-refractivity contribution < 1.29 is 19.4 Å². The molecular weight excluding hydrogens is 236 g/mol. The van der Waals surface area contributed by atoms with Crippen LogP contribution in [0.4, 0.5) is 4.79 Å². The summed E-state index contributed by atoms with van der Waals surface area (Å²) in [5.74, 6) is -0.762. The van der Waals surface area contributed by atoms with E-state index in [9.17, 15) is 9.59 Å². The predicted molar refractivity (Wildman–Crippen MR) is 68.4 cm³/mol. The smallest absolute Gasteiger partial charge is 0.407 e. The first-order chi connectivity index (χ1) is 8.38. The minimum absolute atomic E-state index is 0.148. The third kappa shape index (κ3) is 6.90. The minimum Gasteiger partial charge on any atom is -0.480 e. The molecule has 0 spiro atoms. The number of ether oxygens (including phenoxy) is 1. The highest BCUT2D eigenvalue weighted by Gasteiger charge is 2.19. The number of rotatable bonds is 8. The van der Waals surface area contributed by atoms with E-state index in [1.54, 1.807) is 6.92 Å². The molecule has 1 amide bonds. The molecule has 0 aromatic heterocycles. The molecule has 6 nitrogen and oxygen atoms in total. The van der Waals surface area contributed by atoms with Crippen molar-refractivity contribution in [3.63, 3.8) is 0 Å². The number of nitrogens with one attached hydrogen (secondary N) is 2. The molecule has 18 heavy (non-hydrogen) atoms. The normalized spacial score (nSPS) is 13.8. The van der Waals surface area contributed by atoms with Gasteiger partial charge in [-0.15, -0.1) is 0 Å². The molecule has 0 radical (unpaired) electrons. The second-order valence-electron chi connectivity index (χ2n) is 4.35. The summed E-state index contributed by atoms with van der Waals surface area (Å²) in [6, 6.07) is -0.846. The topological polar surface area (TPSA) is 87.7 Å². The van der Waals surface area contributed by atoms with Crippen LogP contribution in [0.5, 0.6) is 0 Å². The molecule has 0 rings (SSSR count). The van der Waals surface area contributed by atoms with Gasteiger partial charge in [0.2, 0.25) is 0 Å². The molecular formula is C12H22N2O4. The molecule has 0 fully saturated rings. The maximum atomic E-state index is 11.4. The maximum Gasteiger partial charge on any atom is 0.407 e. The van der Waals surface area contributed by atoms with Gasteiger partial charge in [-0.1, -0.05) is 26.5 Å². The average Bonchev–Trinajstić information content (AvgIpc) is 2.30. The second kappa shape index (κ2) is 8.52. The molecule has 0 aromatic rings. The Kier molecular flexibility index (Phi) is 7.78. The maximum absolute atomic E-state index is 11.4. The standard InChI is InChI=1S/C12H22N2O4/c1-5-6-18-12(17)14-10(8(2)3)7-13-9(4)11(15)16/h5,8-10,13H,1,6-7H2,2-4H3,(H,14,17)(H,15,16).